The molecule has 0 saturated carbocycles. The minimum absolute atomic E-state index is 1.37. The van der Waals surface area contributed by atoms with Gasteiger partial charge in [0.25, 0.3) is 0 Å². The fraction of sp³-hybridized carbons (Fsp3) is 1.00. The van der Waals surface area contributed by atoms with Crippen LogP contribution in [0.1, 0.15) is 0 Å². The van der Waals surface area contributed by atoms with Gasteiger partial charge in [0, 0.05) is 0 Å². The van der Waals surface area contributed by atoms with Crippen LogP contribution in [-0.2, 0) is 9.87 Å². The van der Waals surface area contributed by atoms with Gasteiger partial charge in [-0.15, -0.1) is 0 Å². The molecule has 0 heterocycles. The first-order valence-electron chi connectivity index (χ1n) is 1.38. The average molecular weight is 322 g/mol. The molecule has 0 aliphatic rings. The Hall–Kier alpha value is 1.22. The van der Waals surface area contributed by atoms with Gasteiger partial charge in [0.1, 0.15) is 0 Å². The molecule has 9 heavy (non-hydrogen) atoms. The van der Waals surface area contributed by atoms with E-state index in [0.717, 1.165) is 0 Å². The van der Waals surface area contributed by atoms with Crippen LogP contribution < -0.4 is 0 Å². The van der Waals surface area contributed by atoms with Gasteiger partial charge in [-0.25, -0.2) is 0 Å². The third-order valence-electron chi connectivity index (χ3n) is 0.342. The molecular weight excluding hydrogens is 322 g/mol. The minimum atomic E-state index is -5.40. The molecule has 0 aromatic carbocycles. The van der Waals surface area contributed by atoms with Crippen LogP contribution in [0.5, 0.6) is 0 Å². The fourth-order valence-corrected chi connectivity index (χ4v) is 0.562. The molecule has 0 amide bonds. The Morgan fingerprint density at radius 3 is 1.67 bits per heavy atom. The fourth-order valence-electron chi connectivity index (χ4n) is 0.0253. The molecule has 8 heteroatoms. The average Bonchev–Trinajstić information content (AvgIpc) is 1.64. The Kier molecular flexibility index (Phi) is 3.50. The first kappa shape index (κ1) is 10.2. The normalized spacial score (nSPS) is 13.9. The SMILES string of the molecule is O=S(=O)([O][Yb])C(F)(F)F. The molecule has 63 valence electrons. The molecule has 0 spiro atoms. The molecule has 0 aromatic rings. The topological polar surface area (TPSA) is 43.4 Å². The molecule has 0 atom stereocenters. The second-order valence-corrected chi connectivity index (χ2v) is 3.26. The van der Waals surface area contributed by atoms with Crippen molar-refractivity contribution >= 4 is 10.1 Å². The summed E-state index contributed by atoms with van der Waals surface area (Å²) in [6.07, 6.45) is 0. The molecule has 0 rings (SSSR count). The van der Waals surface area contributed by atoms with Crippen molar-refractivity contribution in [1.29, 1.82) is 0 Å². The number of rotatable bonds is 1. The van der Waals surface area contributed by atoms with Crippen LogP contribution in [0.4, 0.5) is 13.2 Å². The Bertz CT molecular complexity index is 180. The first-order valence-corrected chi connectivity index (χ1v) is 3.49. The Balaban J connectivity index is 4.57. The van der Waals surface area contributed by atoms with E-state index in [-0.39, 0.29) is 0 Å². The van der Waals surface area contributed by atoms with Gasteiger partial charge in [0.2, 0.25) is 0 Å². The zero-order chi connectivity index (χ0) is 7.71. The zero-order valence-electron chi connectivity index (χ0n) is 3.53. The van der Waals surface area contributed by atoms with Crippen LogP contribution in [0, 0.1) is 45.3 Å². The van der Waals surface area contributed by atoms with Gasteiger partial charge in [-0.1, -0.05) is 0 Å². The van der Waals surface area contributed by atoms with Gasteiger partial charge in [-0.2, -0.15) is 0 Å². The Morgan fingerprint density at radius 2 is 1.67 bits per heavy atom. The van der Waals surface area contributed by atoms with Crippen molar-refractivity contribution < 1.29 is 66.6 Å². The van der Waals surface area contributed by atoms with E-state index >= 15 is 0 Å². The van der Waals surface area contributed by atoms with Crippen molar-refractivity contribution in [2.75, 3.05) is 0 Å². The molecule has 0 unspecified atom stereocenters. The number of halogens is 3. The van der Waals surface area contributed by atoms with E-state index in [1.165, 1.54) is 45.3 Å². The van der Waals surface area contributed by atoms with Crippen molar-refractivity contribution in [3.8, 4) is 0 Å². The predicted octanol–water partition coefficient (Wildman–Crippen LogP) is 0.317. The van der Waals surface area contributed by atoms with Crippen LogP contribution >= 0.6 is 0 Å². The summed E-state index contributed by atoms with van der Waals surface area (Å²) in [5.74, 6) is 0. The second-order valence-electron chi connectivity index (χ2n) is 0.944. The molecule has 3 nitrogen and oxygen atoms in total. The maximum absolute atomic E-state index is 11.1. The Labute approximate surface area is 81.2 Å². The molecule has 0 aliphatic heterocycles. The van der Waals surface area contributed by atoms with Gasteiger partial charge in [-0.3, -0.25) is 0 Å². The van der Waals surface area contributed by atoms with Crippen molar-refractivity contribution in [2.45, 2.75) is 5.51 Å². The molecule has 0 aromatic heterocycles. The molecule has 0 N–H and O–H groups in total. The number of alkyl halides is 3. The van der Waals surface area contributed by atoms with Gasteiger partial charge in [-0.05, 0) is 0 Å². The summed E-state index contributed by atoms with van der Waals surface area (Å²) < 4.78 is 55.6. The second kappa shape index (κ2) is 3.08. The third kappa shape index (κ3) is 2.75. The monoisotopic (exact) mass is 323 g/mol. The summed E-state index contributed by atoms with van der Waals surface area (Å²) >= 11 is 1.37. The predicted molar refractivity (Wildman–Crippen MR) is 16.1 cm³/mol. The van der Waals surface area contributed by atoms with Crippen LogP contribution in [0.25, 0.3) is 0 Å². The van der Waals surface area contributed by atoms with Crippen LogP contribution in [0.15, 0.2) is 0 Å². The van der Waals surface area contributed by atoms with Crippen LogP contribution in [-0.4, -0.2) is 13.9 Å². The van der Waals surface area contributed by atoms with E-state index in [2.05, 4.69) is -0.249 Å². The van der Waals surface area contributed by atoms with Crippen molar-refractivity contribution in [3.63, 3.8) is 0 Å². The quantitative estimate of drug-likeness (QED) is 0.653. The zero-order valence-corrected chi connectivity index (χ0v) is 6.07. The molecule has 0 fully saturated rings. The van der Waals surface area contributed by atoms with E-state index in [1.807, 2.05) is 0 Å². The van der Waals surface area contributed by atoms with E-state index in [9.17, 15) is 21.6 Å². The van der Waals surface area contributed by atoms with E-state index in [4.69, 9.17) is 0 Å². The maximum atomic E-state index is 11.1. The Morgan fingerprint density at radius 1 is 1.33 bits per heavy atom. The van der Waals surface area contributed by atoms with Gasteiger partial charge in [0.05, 0.1) is 0 Å². The van der Waals surface area contributed by atoms with E-state index in [1.54, 1.807) is 0 Å². The van der Waals surface area contributed by atoms with Gasteiger partial charge in [0.15, 0.2) is 0 Å². The standard InChI is InChI=1S/CHF3O3S.Yb/c2-1(3,4)8(5,6)7;/h(H,5,6,7);/q;+1/p-1. The molecule has 0 radical (unpaired) electrons. The molecular formula is CF3O3SYb. The third-order valence-corrected chi connectivity index (χ3v) is 2.16. The van der Waals surface area contributed by atoms with Crippen LogP contribution in [0.2, 0.25) is 0 Å². The van der Waals surface area contributed by atoms with Gasteiger partial charge < -0.3 is 0 Å². The summed E-state index contributed by atoms with van der Waals surface area (Å²) in [7, 11) is -5.40. The molecule has 0 saturated heterocycles. The van der Waals surface area contributed by atoms with Crippen molar-refractivity contribution in [2.24, 2.45) is 0 Å². The number of hydrogen-bond acceptors (Lipinski definition) is 3. The van der Waals surface area contributed by atoms with Crippen LogP contribution in [0.3, 0.4) is 0 Å². The van der Waals surface area contributed by atoms with Crippen molar-refractivity contribution in [1.82, 2.24) is 0 Å². The van der Waals surface area contributed by atoms with E-state index < -0.39 is 15.6 Å². The first-order chi connectivity index (χ1) is 3.81. The summed E-state index contributed by atoms with van der Waals surface area (Å²) in [5.41, 5.74) is -5.34. The summed E-state index contributed by atoms with van der Waals surface area (Å²) in [4.78, 5) is 0. The summed E-state index contributed by atoms with van der Waals surface area (Å²) in [5, 5.41) is 0. The number of hydrogen-bond donors (Lipinski definition) is 0. The molecule has 0 bridgehead atoms. The van der Waals surface area contributed by atoms with Crippen molar-refractivity contribution in [3.05, 3.63) is 0 Å². The molecule has 0 aliphatic carbocycles. The summed E-state index contributed by atoms with van der Waals surface area (Å²) in [6, 6.07) is 0. The summed E-state index contributed by atoms with van der Waals surface area (Å²) in [6.45, 7) is 0. The van der Waals surface area contributed by atoms with E-state index in [0.29, 0.717) is 0 Å². The van der Waals surface area contributed by atoms with Gasteiger partial charge >= 0.3 is 82.3 Å².